The SMILES string of the molecule is O=C(C[C@H](CCCc1ccc(Cl)cc1)C(=O)N[C@@H](CC1CCCCC1)C(=O)NCCc1ccccc1)NO. The summed E-state index contributed by atoms with van der Waals surface area (Å²) >= 11 is 5.96. The van der Waals surface area contributed by atoms with Crippen molar-refractivity contribution < 1.29 is 19.6 Å². The minimum absolute atomic E-state index is 0.144. The lowest BCUT2D eigenvalue weighted by Crippen LogP contribution is -2.50. The summed E-state index contributed by atoms with van der Waals surface area (Å²) in [6, 6.07) is 16.8. The van der Waals surface area contributed by atoms with Crippen LogP contribution in [0.4, 0.5) is 0 Å². The van der Waals surface area contributed by atoms with E-state index in [-0.39, 0.29) is 18.2 Å². The summed E-state index contributed by atoms with van der Waals surface area (Å²) in [7, 11) is 0. The smallest absolute Gasteiger partial charge is 0.244 e. The molecule has 0 radical (unpaired) electrons. The molecule has 3 amide bonds. The molecule has 3 rings (SSSR count). The summed E-state index contributed by atoms with van der Waals surface area (Å²) in [6.07, 6.45) is 8.62. The molecule has 0 unspecified atom stereocenters. The molecule has 0 heterocycles. The van der Waals surface area contributed by atoms with Crippen molar-refractivity contribution in [2.45, 2.75) is 76.7 Å². The lowest BCUT2D eigenvalue weighted by Gasteiger charge is -2.28. The normalized spacial score (nSPS) is 15.3. The molecule has 206 valence electrons. The minimum atomic E-state index is -0.655. The van der Waals surface area contributed by atoms with Gasteiger partial charge in [-0.2, -0.15) is 0 Å². The number of hydrogen-bond acceptors (Lipinski definition) is 4. The van der Waals surface area contributed by atoms with E-state index in [1.807, 2.05) is 54.6 Å². The second-order valence-electron chi connectivity index (χ2n) is 10.3. The molecule has 2 aromatic rings. The first-order valence-corrected chi connectivity index (χ1v) is 14.1. The number of hydroxylamine groups is 1. The van der Waals surface area contributed by atoms with Crippen molar-refractivity contribution in [2.24, 2.45) is 11.8 Å². The van der Waals surface area contributed by atoms with Gasteiger partial charge in [-0.3, -0.25) is 19.6 Å². The molecule has 2 aromatic carbocycles. The molecular weight excluding hydrogens is 502 g/mol. The van der Waals surface area contributed by atoms with Crippen LogP contribution in [0.25, 0.3) is 0 Å². The van der Waals surface area contributed by atoms with Crippen molar-refractivity contribution in [3.63, 3.8) is 0 Å². The second kappa shape index (κ2) is 16.1. The lowest BCUT2D eigenvalue weighted by atomic mass is 9.84. The van der Waals surface area contributed by atoms with E-state index >= 15 is 0 Å². The maximum atomic E-state index is 13.4. The number of carbonyl (C=O) groups excluding carboxylic acids is 3. The standard InChI is InChI=1S/C30H40ClN3O4/c31-26-16-14-23(15-17-26)12-7-13-25(21-28(35)34-38)29(36)33-27(20-24-10-5-2-6-11-24)30(37)32-19-18-22-8-3-1-4-9-22/h1,3-4,8-9,14-17,24-25,27,38H,2,5-7,10-13,18-21H2,(H,32,37)(H,33,36)(H,34,35)/t25-,27-/m0/s1. The molecule has 0 aliphatic heterocycles. The number of benzene rings is 2. The molecular formula is C30H40ClN3O4. The van der Waals surface area contributed by atoms with Crippen LogP contribution in [0, 0.1) is 11.8 Å². The van der Waals surface area contributed by atoms with Crippen LogP contribution in [0.15, 0.2) is 54.6 Å². The van der Waals surface area contributed by atoms with Crippen molar-refractivity contribution in [3.8, 4) is 0 Å². The Labute approximate surface area is 230 Å². The van der Waals surface area contributed by atoms with Crippen LogP contribution in [0.3, 0.4) is 0 Å². The van der Waals surface area contributed by atoms with Crippen LogP contribution in [0.2, 0.25) is 5.02 Å². The monoisotopic (exact) mass is 541 g/mol. The Hall–Kier alpha value is -2.90. The van der Waals surface area contributed by atoms with Crippen molar-refractivity contribution in [1.82, 2.24) is 16.1 Å². The molecule has 0 bridgehead atoms. The van der Waals surface area contributed by atoms with Gasteiger partial charge >= 0.3 is 0 Å². The second-order valence-corrected chi connectivity index (χ2v) is 10.7. The van der Waals surface area contributed by atoms with Gasteiger partial charge in [0.1, 0.15) is 6.04 Å². The molecule has 0 aromatic heterocycles. The predicted octanol–water partition coefficient (Wildman–Crippen LogP) is 4.99. The van der Waals surface area contributed by atoms with Crippen molar-refractivity contribution >= 4 is 29.3 Å². The molecule has 1 aliphatic rings. The van der Waals surface area contributed by atoms with E-state index in [0.29, 0.717) is 43.2 Å². The van der Waals surface area contributed by atoms with Crippen LogP contribution in [-0.2, 0) is 27.2 Å². The number of hydrogen-bond donors (Lipinski definition) is 4. The Morgan fingerprint density at radius 1 is 0.895 bits per heavy atom. The van der Waals surface area contributed by atoms with Crippen LogP contribution in [0.5, 0.6) is 0 Å². The summed E-state index contributed by atoms with van der Waals surface area (Å²) in [5.41, 5.74) is 3.86. The van der Waals surface area contributed by atoms with Gasteiger partial charge in [-0.05, 0) is 61.3 Å². The number of nitrogens with one attached hydrogen (secondary N) is 3. The zero-order chi connectivity index (χ0) is 27.2. The summed E-state index contributed by atoms with van der Waals surface area (Å²) < 4.78 is 0. The van der Waals surface area contributed by atoms with Gasteiger partial charge in [0.25, 0.3) is 0 Å². The van der Waals surface area contributed by atoms with Crippen LogP contribution >= 0.6 is 11.6 Å². The van der Waals surface area contributed by atoms with Crippen LogP contribution < -0.4 is 16.1 Å². The molecule has 0 saturated heterocycles. The molecule has 1 fully saturated rings. The highest BCUT2D eigenvalue weighted by atomic mass is 35.5. The summed E-state index contributed by atoms with van der Waals surface area (Å²) in [4.78, 5) is 38.6. The molecule has 4 N–H and O–H groups in total. The van der Waals surface area contributed by atoms with E-state index in [1.165, 1.54) is 6.42 Å². The summed E-state index contributed by atoms with van der Waals surface area (Å²) in [6.45, 7) is 0.483. The van der Waals surface area contributed by atoms with E-state index in [1.54, 1.807) is 5.48 Å². The third kappa shape index (κ3) is 10.5. The summed E-state index contributed by atoms with van der Waals surface area (Å²) in [5.74, 6) is -1.40. The molecule has 1 saturated carbocycles. The van der Waals surface area contributed by atoms with E-state index < -0.39 is 17.9 Å². The number of rotatable bonds is 14. The van der Waals surface area contributed by atoms with Gasteiger partial charge in [0.05, 0.1) is 0 Å². The van der Waals surface area contributed by atoms with Gasteiger partial charge < -0.3 is 10.6 Å². The average Bonchev–Trinajstić information content (AvgIpc) is 2.94. The highest BCUT2D eigenvalue weighted by molar-refractivity contribution is 6.30. The topological polar surface area (TPSA) is 108 Å². The fraction of sp³-hybridized carbons (Fsp3) is 0.500. The van der Waals surface area contributed by atoms with Crippen molar-refractivity contribution in [3.05, 3.63) is 70.7 Å². The Bertz CT molecular complexity index is 1010. The Morgan fingerprint density at radius 3 is 2.26 bits per heavy atom. The molecule has 1 aliphatic carbocycles. The third-order valence-electron chi connectivity index (χ3n) is 7.34. The van der Waals surface area contributed by atoms with Gasteiger partial charge in [0.15, 0.2) is 0 Å². The molecule has 0 spiro atoms. The fourth-order valence-corrected chi connectivity index (χ4v) is 5.30. The first kappa shape index (κ1) is 29.7. The zero-order valence-corrected chi connectivity index (χ0v) is 22.7. The highest BCUT2D eigenvalue weighted by Gasteiger charge is 2.29. The van der Waals surface area contributed by atoms with Crippen LogP contribution in [0.1, 0.15) is 68.9 Å². The minimum Gasteiger partial charge on any atom is -0.354 e. The van der Waals surface area contributed by atoms with E-state index in [4.69, 9.17) is 16.8 Å². The quantitative estimate of drug-likeness (QED) is 0.200. The third-order valence-corrected chi connectivity index (χ3v) is 7.59. The van der Waals surface area contributed by atoms with Gasteiger partial charge in [0, 0.05) is 23.9 Å². The van der Waals surface area contributed by atoms with Gasteiger partial charge in [-0.1, -0.05) is 86.2 Å². The van der Waals surface area contributed by atoms with E-state index in [0.717, 1.165) is 43.2 Å². The van der Waals surface area contributed by atoms with Crippen molar-refractivity contribution in [2.75, 3.05) is 6.54 Å². The first-order valence-electron chi connectivity index (χ1n) is 13.7. The first-order chi connectivity index (χ1) is 18.4. The number of amides is 3. The lowest BCUT2D eigenvalue weighted by molar-refractivity contribution is -0.136. The Morgan fingerprint density at radius 2 is 1.58 bits per heavy atom. The van der Waals surface area contributed by atoms with Gasteiger partial charge in [0.2, 0.25) is 17.7 Å². The Kier molecular flexibility index (Phi) is 12.6. The number of carbonyl (C=O) groups is 3. The number of aryl methyl sites for hydroxylation is 1. The van der Waals surface area contributed by atoms with E-state index in [9.17, 15) is 14.4 Å². The number of halogens is 1. The molecule has 2 atom stereocenters. The zero-order valence-electron chi connectivity index (χ0n) is 22.0. The average molecular weight is 542 g/mol. The highest BCUT2D eigenvalue weighted by Crippen LogP contribution is 2.28. The van der Waals surface area contributed by atoms with Gasteiger partial charge in [-0.15, -0.1) is 0 Å². The molecule has 38 heavy (non-hydrogen) atoms. The molecule has 8 heteroatoms. The van der Waals surface area contributed by atoms with Crippen molar-refractivity contribution in [1.29, 1.82) is 0 Å². The largest absolute Gasteiger partial charge is 0.354 e. The van der Waals surface area contributed by atoms with E-state index in [2.05, 4.69) is 10.6 Å². The maximum Gasteiger partial charge on any atom is 0.244 e. The fourth-order valence-electron chi connectivity index (χ4n) is 5.17. The van der Waals surface area contributed by atoms with Crippen LogP contribution in [-0.4, -0.2) is 35.5 Å². The maximum absolute atomic E-state index is 13.4. The Balaban J connectivity index is 1.61. The summed E-state index contributed by atoms with van der Waals surface area (Å²) in [5, 5.41) is 15.7. The van der Waals surface area contributed by atoms with Gasteiger partial charge in [-0.25, -0.2) is 5.48 Å². The predicted molar refractivity (Wildman–Crippen MR) is 149 cm³/mol. The molecule has 7 nitrogen and oxygen atoms in total.